The molecule has 12 heteroatoms. The lowest BCUT2D eigenvalue weighted by molar-refractivity contribution is -0.138. The van der Waals surface area contributed by atoms with Gasteiger partial charge in [0, 0.05) is 24.2 Å². The molecule has 39 heavy (non-hydrogen) atoms. The molecule has 4 aromatic rings. The average Bonchev–Trinajstić information content (AvgIpc) is 3.49. The van der Waals surface area contributed by atoms with E-state index < -0.39 is 24.3 Å². The van der Waals surface area contributed by atoms with Crippen LogP contribution in [0, 0.1) is 11.3 Å². The fourth-order valence-corrected chi connectivity index (χ4v) is 4.58. The molecule has 198 valence electrons. The number of benzene rings is 2. The van der Waals surface area contributed by atoms with Crippen LogP contribution in [0.1, 0.15) is 39.5 Å². The molecule has 5 rings (SSSR count). The Balaban J connectivity index is 1.66. The molecule has 0 aliphatic carbocycles. The van der Waals surface area contributed by atoms with E-state index in [0.29, 0.717) is 28.1 Å². The highest BCUT2D eigenvalue weighted by atomic mass is 19.4. The maximum absolute atomic E-state index is 13.9. The van der Waals surface area contributed by atoms with E-state index in [4.69, 9.17) is 4.74 Å². The Bertz CT molecular complexity index is 1640. The average molecular weight is 534 g/mol. The van der Waals surface area contributed by atoms with E-state index in [2.05, 4.69) is 21.3 Å². The van der Waals surface area contributed by atoms with Crippen molar-refractivity contribution in [1.29, 1.82) is 5.26 Å². The van der Waals surface area contributed by atoms with Gasteiger partial charge in [-0.15, -0.1) is 10.2 Å². The summed E-state index contributed by atoms with van der Waals surface area (Å²) in [5.74, 6) is 0.0545. The second-order valence-electron chi connectivity index (χ2n) is 8.84. The van der Waals surface area contributed by atoms with Crippen LogP contribution in [0.25, 0.3) is 22.5 Å². The van der Waals surface area contributed by atoms with Gasteiger partial charge in [-0.1, -0.05) is 6.07 Å². The lowest BCUT2D eigenvalue weighted by atomic mass is 9.97. The molecule has 0 fully saturated rings. The smallest absolute Gasteiger partial charge is 0.416 e. The largest absolute Gasteiger partial charge is 0.478 e. The molecule has 0 radical (unpaired) electrons. The fourth-order valence-electron chi connectivity index (χ4n) is 4.58. The number of aromatic nitrogens is 4. The summed E-state index contributed by atoms with van der Waals surface area (Å²) in [5, 5.41) is 27.0. The second kappa shape index (κ2) is 9.85. The summed E-state index contributed by atoms with van der Waals surface area (Å²) in [4.78, 5) is 18.9. The van der Waals surface area contributed by atoms with Crippen LogP contribution in [-0.4, -0.2) is 37.4 Å². The van der Waals surface area contributed by atoms with Gasteiger partial charge in [0.05, 0.1) is 37.0 Å². The summed E-state index contributed by atoms with van der Waals surface area (Å²) < 4.78 is 48.9. The van der Waals surface area contributed by atoms with Gasteiger partial charge in [0.1, 0.15) is 12.1 Å². The monoisotopic (exact) mass is 534 g/mol. The summed E-state index contributed by atoms with van der Waals surface area (Å²) in [6.45, 7) is 1.00. The molecule has 2 aromatic heterocycles. The number of hydrogen-bond acceptors (Lipinski definition) is 7. The number of amides is 1. The van der Waals surface area contributed by atoms with E-state index in [1.807, 2.05) is 0 Å². The summed E-state index contributed by atoms with van der Waals surface area (Å²) in [6, 6.07) is 12.4. The number of aliphatic hydroxyl groups is 1. The van der Waals surface area contributed by atoms with Crippen LogP contribution >= 0.6 is 0 Å². The fraction of sp³-hybridized carbons (Fsp3) is 0.222. The number of nitriles is 1. The Kier molecular flexibility index (Phi) is 6.53. The number of rotatable bonds is 6. The van der Waals surface area contributed by atoms with Crippen molar-refractivity contribution < 1.29 is 27.8 Å². The maximum Gasteiger partial charge on any atom is 0.416 e. The van der Waals surface area contributed by atoms with Crippen molar-refractivity contribution in [3.05, 3.63) is 76.6 Å². The molecule has 1 aliphatic rings. The first-order valence-corrected chi connectivity index (χ1v) is 11.8. The van der Waals surface area contributed by atoms with Crippen LogP contribution in [0.5, 0.6) is 5.88 Å². The number of alkyl halides is 3. The summed E-state index contributed by atoms with van der Waals surface area (Å²) in [5.41, 5.74) is 0.818. The normalized spacial score (nSPS) is 12.9. The Morgan fingerprint density at radius 3 is 2.56 bits per heavy atom. The number of carbonyl (C=O) groups excluding carboxylic acids is 1. The predicted octanol–water partition coefficient (Wildman–Crippen LogP) is 4.49. The second-order valence-corrected chi connectivity index (χ2v) is 8.84. The van der Waals surface area contributed by atoms with Gasteiger partial charge < -0.3 is 14.4 Å². The number of hydrogen-bond donors (Lipinski definition) is 1. The first kappa shape index (κ1) is 25.9. The van der Waals surface area contributed by atoms with Crippen LogP contribution in [0.4, 0.5) is 19.0 Å². The number of nitrogens with zero attached hydrogens (tertiary/aromatic N) is 6. The summed E-state index contributed by atoms with van der Waals surface area (Å²) >= 11 is 0. The topological polar surface area (TPSA) is 117 Å². The molecule has 0 unspecified atom stereocenters. The summed E-state index contributed by atoms with van der Waals surface area (Å²) in [7, 11) is 1.75. The molecule has 0 bridgehead atoms. The van der Waals surface area contributed by atoms with E-state index in [-0.39, 0.29) is 41.5 Å². The van der Waals surface area contributed by atoms with E-state index in [9.17, 15) is 28.3 Å². The van der Waals surface area contributed by atoms with Crippen molar-refractivity contribution in [2.75, 3.05) is 11.5 Å². The van der Waals surface area contributed by atoms with Crippen molar-refractivity contribution in [2.45, 2.75) is 26.3 Å². The zero-order chi connectivity index (χ0) is 27.9. The minimum Gasteiger partial charge on any atom is -0.478 e. The molecular formula is C27H21F3N6O3. The molecule has 0 saturated heterocycles. The first-order chi connectivity index (χ1) is 18.6. The molecule has 2 aromatic carbocycles. The Morgan fingerprint density at radius 2 is 1.92 bits per heavy atom. The molecule has 3 heterocycles. The number of carbonyl (C=O) groups is 1. The van der Waals surface area contributed by atoms with Crippen molar-refractivity contribution in [1.82, 2.24) is 19.7 Å². The molecule has 0 saturated carbocycles. The van der Waals surface area contributed by atoms with Gasteiger partial charge in [0.2, 0.25) is 5.88 Å². The van der Waals surface area contributed by atoms with Crippen LogP contribution in [0.2, 0.25) is 0 Å². The minimum absolute atomic E-state index is 0.0149. The molecule has 1 N–H and O–H groups in total. The molecular weight excluding hydrogens is 513 g/mol. The summed E-state index contributed by atoms with van der Waals surface area (Å²) in [6.07, 6.45) is -3.20. The van der Waals surface area contributed by atoms with Gasteiger partial charge in [-0.3, -0.25) is 9.69 Å². The zero-order valence-corrected chi connectivity index (χ0v) is 20.8. The van der Waals surface area contributed by atoms with Gasteiger partial charge in [-0.2, -0.15) is 23.4 Å². The number of halogens is 3. The highest BCUT2D eigenvalue weighted by Crippen LogP contribution is 2.41. The zero-order valence-electron chi connectivity index (χ0n) is 20.8. The standard InChI is InChI=1S/C27H21F3N6O3/c1-3-39-24-10-17(18-5-4-15(11-31)6-19(18)25-34-32-14-35(25)2)9-23(33-24)36-12-21-20(26(36)38)7-16(13-37)8-22(21)27(28,29)30/h4-10,14,37H,3,12-13H2,1-2H3. The van der Waals surface area contributed by atoms with Gasteiger partial charge in [0.25, 0.3) is 5.91 Å². The van der Waals surface area contributed by atoms with E-state index >= 15 is 0 Å². The highest BCUT2D eigenvalue weighted by Gasteiger charge is 2.41. The molecule has 0 spiro atoms. The third kappa shape index (κ3) is 4.68. The Morgan fingerprint density at radius 1 is 1.13 bits per heavy atom. The predicted molar refractivity (Wildman–Crippen MR) is 133 cm³/mol. The number of ether oxygens (including phenoxy) is 1. The molecule has 9 nitrogen and oxygen atoms in total. The Hall–Kier alpha value is -4.76. The number of aliphatic hydroxyl groups excluding tert-OH is 1. The minimum atomic E-state index is -4.72. The van der Waals surface area contributed by atoms with Crippen LogP contribution < -0.4 is 9.64 Å². The van der Waals surface area contributed by atoms with Crippen LogP contribution in [0.3, 0.4) is 0 Å². The van der Waals surface area contributed by atoms with E-state index in [1.54, 1.807) is 48.9 Å². The van der Waals surface area contributed by atoms with Crippen LogP contribution in [0.15, 0.2) is 48.8 Å². The molecule has 1 amide bonds. The lowest BCUT2D eigenvalue weighted by Gasteiger charge is -2.19. The maximum atomic E-state index is 13.9. The molecule has 0 atom stereocenters. The quantitative estimate of drug-likeness (QED) is 0.388. The third-order valence-electron chi connectivity index (χ3n) is 6.36. The van der Waals surface area contributed by atoms with E-state index in [0.717, 1.165) is 11.0 Å². The Labute approximate surface area is 220 Å². The van der Waals surface area contributed by atoms with Crippen molar-refractivity contribution in [3.63, 3.8) is 0 Å². The highest BCUT2D eigenvalue weighted by molar-refractivity contribution is 6.10. The number of fused-ring (bicyclic) bond motifs is 1. The van der Waals surface area contributed by atoms with Crippen molar-refractivity contribution in [2.24, 2.45) is 7.05 Å². The first-order valence-electron chi connectivity index (χ1n) is 11.8. The van der Waals surface area contributed by atoms with Gasteiger partial charge in [0.15, 0.2) is 5.82 Å². The SMILES string of the molecule is CCOc1cc(-c2ccc(C#N)cc2-c2nncn2C)cc(N2Cc3c(cc(CO)cc3C(F)(F)F)C2=O)n1. The molecule has 1 aliphatic heterocycles. The number of anilines is 1. The lowest BCUT2D eigenvalue weighted by Crippen LogP contribution is -2.24. The van der Waals surface area contributed by atoms with Gasteiger partial charge >= 0.3 is 6.18 Å². The van der Waals surface area contributed by atoms with Crippen molar-refractivity contribution >= 4 is 11.7 Å². The van der Waals surface area contributed by atoms with Gasteiger partial charge in [-0.05, 0) is 59.5 Å². The van der Waals surface area contributed by atoms with Crippen LogP contribution in [-0.2, 0) is 26.4 Å². The number of pyridine rings is 1. The van der Waals surface area contributed by atoms with Gasteiger partial charge in [-0.25, -0.2) is 0 Å². The third-order valence-corrected chi connectivity index (χ3v) is 6.36. The van der Waals surface area contributed by atoms with Crippen molar-refractivity contribution in [3.8, 4) is 34.5 Å². The van der Waals surface area contributed by atoms with E-state index in [1.165, 1.54) is 12.4 Å². The number of aryl methyl sites for hydroxylation is 1.